The Morgan fingerprint density at radius 1 is 1.38 bits per heavy atom. The van der Waals surface area contributed by atoms with Gasteiger partial charge in [0.15, 0.2) is 0 Å². The van der Waals surface area contributed by atoms with Gasteiger partial charge in [0.2, 0.25) is 5.91 Å². The number of amides is 1. The second kappa shape index (κ2) is 5.42. The molecular formula is C18H25NOS. The summed E-state index contributed by atoms with van der Waals surface area (Å²) >= 11 is 1.86. The largest absolute Gasteiger partial charge is 0.335 e. The summed E-state index contributed by atoms with van der Waals surface area (Å²) < 4.78 is 0. The maximum atomic E-state index is 12.9. The Balaban J connectivity index is 1.47. The summed E-state index contributed by atoms with van der Waals surface area (Å²) in [5.41, 5.74) is 1.43. The van der Waals surface area contributed by atoms with Crippen LogP contribution in [-0.4, -0.2) is 17.4 Å². The van der Waals surface area contributed by atoms with Crippen molar-refractivity contribution in [3.8, 4) is 0 Å². The van der Waals surface area contributed by atoms with E-state index < -0.39 is 0 Å². The molecule has 0 N–H and O–H groups in total. The lowest BCUT2D eigenvalue weighted by Crippen LogP contribution is -2.40. The summed E-state index contributed by atoms with van der Waals surface area (Å²) in [5, 5.41) is 2.19. The van der Waals surface area contributed by atoms with Crippen LogP contribution in [0.1, 0.15) is 61.9 Å². The van der Waals surface area contributed by atoms with Gasteiger partial charge in [-0.15, -0.1) is 11.3 Å². The smallest absolute Gasteiger partial charge is 0.223 e. The van der Waals surface area contributed by atoms with E-state index in [1.54, 1.807) is 0 Å². The maximum Gasteiger partial charge on any atom is 0.223 e. The fraction of sp³-hybridized carbons (Fsp3) is 0.722. The van der Waals surface area contributed by atoms with Crippen LogP contribution < -0.4 is 0 Å². The summed E-state index contributed by atoms with van der Waals surface area (Å²) in [5.74, 6) is 2.93. The fourth-order valence-electron chi connectivity index (χ4n) is 5.10. The van der Waals surface area contributed by atoms with Crippen LogP contribution in [0.15, 0.2) is 11.4 Å². The van der Waals surface area contributed by atoms with E-state index in [1.165, 1.54) is 36.1 Å². The second-order valence-electron chi connectivity index (χ2n) is 7.20. The van der Waals surface area contributed by atoms with E-state index in [4.69, 9.17) is 0 Å². The summed E-state index contributed by atoms with van der Waals surface area (Å²) in [4.78, 5) is 16.6. The van der Waals surface area contributed by atoms with E-state index in [2.05, 4.69) is 23.3 Å². The molecule has 0 unspecified atom stereocenters. The zero-order valence-corrected chi connectivity index (χ0v) is 13.7. The highest BCUT2D eigenvalue weighted by molar-refractivity contribution is 7.10. The lowest BCUT2D eigenvalue weighted by molar-refractivity contribution is -0.135. The molecule has 4 rings (SSSR count). The number of thiophene rings is 1. The molecule has 2 fully saturated rings. The number of rotatable bonds is 3. The van der Waals surface area contributed by atoms with Gasteiger partial charge in [0.1, 0.15) is 0 Å². The molecule has 114 valence electrons. The third-order valence-corrected chi connectivity index (χ3v) is 7.12. The molecule has 1 amide bonds. The first kappa shape index (κ1) is 13.8. The molecule has 1 aromatic heterocycles. The second-order valence-corrected chi connectivity index (χ2v) is 8.20. The van der Waals surface area contributed by atoms with Crippen LogP contribution in [0.25, 0.3) is 0 Å². The molecule has 2 aliphatic carbocycles. The van der Waals surface area contributed by atoms with Crippen molar-refractivity contribution in [2.75, 3.05) is 6.54 Å². The van der Waals surface area contributed by atoms with E-state index >= 15 is 0 Å². The van der Waals surface area contributed by atoms with Gasteiger partial charge in [0, 0.05) is 17.8 Å². The van der Waals surface area contributed by atoms with Crippen LogP contribution in [-0.2, 0) is 11.2 Å². The topological polar surface area (TPSA) is 20.3 Å². The van der Waals surface area contributed by atoms with Crippen LogP contribution in [0, 0.1) is 17.8 Å². The Kier molecular flexibility index (Phi) is 3.56. The van der Waals surface area contributed by atoms with E-state index in [9.17, 15) is 4.79 Å². The Hall–Kier alpha value is -0.830. The van der Waals surface area contributed by atoms with Crippen molar-refractivity contribution < 1.29 is 4.79 Å². The molecule has 2 saturated carbocycles. The monoisotopic (exact) mass is 303 g/mol. The number of nitrogens with zero attached hydrogens (tertiary/aromatic N) is 1. The van der Waals surface area contributed by atoms with Crippen molar-refractivity contribution in [3.05, 3.63) is 21.9 Å². The summed E-state index contributed by atoms with van der Waals surface area (Å²) in [7, 11) is 0. The lowest BCUT2D eigenvalue weighted by atomic mass is 9.85. The minimum atomic E-state index is 0.339. The SMILES string of the molecule is CC[C@@H]1c2ccsc2CCN1C(=O)C[C@H]1C[C@H]2CC[C@H]1C2. The van der Waals surface area contributed by atoms with Gasteiger partial charge in [0.25, 0.3) is 0 Å². The minimum Gasteiger partial charge on any atom is -0.335 e. The van der Waals surface area contributed by atoms with Crippen molar-refractivity contribution in [1.29, 1.82) is 0 Å². The van der Waals surface area contributed by atoms with Gasteiger partial charge < -0.3 is 4.90 Å². The number of hydrogen-bond acceptors (Lipinski definition) is 2. The molecule has 0 spiro atoms. The van der Waals surface area contributed by atoms with Gasteiger partial charge >= 0.3 is 0 Å². The Morgan fingerprint density at radius 2 is 2.29 bits per heavy atom. The summed E-state index contributed by atoms with van der Waals surface area (Å²) in [6, 6.07) is 2.58. The highest BCUT2D eigenvalue weighted by Crippen LogP contribution is 2.50. The molecule has 4 atom stereocenters. The Labute approximate surface area is 131 Å². The van der Waals surface area contributed by atoms with Crippen molar-refractivity contribution >= 4 is 17.2 Å². The molecule has 0 aromatic carbocycles. The van der Waals surface area contributed by atoms with Crippen LogP contribution in [0.2, 0.25) is 0 Å². The molecule has 0 radical (unpaired) electrons. The third-order valence-electron chi connectivity index (χ3n) is 6.12. The van der Waals surface area contributed by atoms with E-state index in [0.717, 1.165) is 37.6 Å². The molecule has 2 heterocycles. The first-order valence-electron chi connectivity index (χ1n) is 8.62. The van der Waals surface area contributed by atoms with Crippen LogP contribution in [0.3, 0.4) is 0 Å². The zero-order valence-electron chi connectivity index (χ0n) is 12.9. The first-order chi connectivity index (χ1) is 10.3. The quantitative estimate of drug-likeness (QED) is 0.810. The Morgan fingerprint density at radius 3 is 3.00 bits per heavy atom. The number of carbonyl (C=O) groups excluding carboxylic acids is 1. The Bertz CT molecular complexity index is 537. The molecular weight excluding hydrogens is 278 g/mol. The summed E-state index contributed by atoms with van der Waals surface area (Å²) in [6.45, 7) is 3.15. The van der Waals surface area contributed by atoms with Crippen LogP contribution in [0.5, 0.6) is 0 Å². The van der Waals surface area contributed by atoms with Crippen LogP contribution in [0.4, 0.5) is 0 Å². The maximum absolute atomic E-state index is 12.9. The van der Waals surface area contributed by atoms with E-state index in [1.807, 2.05) is 11.3 Å². The van der Waals surface area contributed by atoms with Gasteiger partial charge in [-0.05, 0) is 66.9 Å². The third kappa shape index (κ3) is 2.34. The molecule has 0 saturated heterocycles. The predicted octanol–water partition coefficient (Wildman–Crippen LogP) is 4.41. The number of carbonyl (C=O) groups is 1. The average molecular weight is 303 g/mol. The predicted molar refractivity (Wildman–Crippen MR) is 86.3 cm³/mol. The van der Waals surface area contributed by atoms with Gasteiger partial charge in [-0.1, -0.05) is 13.3 Å². The highest BCUT2D eigenvalue weighted by atomic mass is 32.1. The van der Waals surface area contributed by atoms with Gasteiger partial charge in [-0.2, -0.15) is 0 Å². The molecule has 1 aliphatic heterocycles. The van der Waals surface area contributed by atoms with Gasteiger partial charge in [-0.3, -0.25) is 4.79 Å². The highest BCUT2D eigenvalue weighted by Gasteiger charge is 2.41. The standard InChI is InChI=1S/C18H25NOS/c1-2-16-15-6-8-21-17(15)5-7-19(16)18(20)11-14-10-12-3-4-13(14)9-12/h6,8,12-14,16H,2-5,7,9-11H2,1H3/t12-,13-,14+,16+/m0/s1. The van der Waals surface area contributed by atoms with E-state index in [-0.39, 0.29) is 0 Å². The van der Waals surface area contributed by atoms with Crippen molar-refractivity contribution in [1.82, 2.24) is 4.90 Å². The fourth-order valence-corrected chi connectivity index (χ4v) is 6.03. The minimum absolute atomic E-state index is 0.339. The summed E-state index contributed by atoms with van der Waals surface area (Å²) in [6.07, 6.45) is 8.47. The van der Waals surface area contributed by atoms with Crippen molar-refractivity contribution in [2.45, 2.75) is 57.9 Å². The van der Waals surface area contributed by atoms with Crippen LogP contribution >= 0.6 is 11.3 Å². The molecule has 3 aliphatic rings. The number of fused-ring (bicyclic) bond motifs is 3. The normalized spacial score (nSPS) is 34.2. The van der Waals surface area contributed by atoms with Crippen molar-refractivity contribution in [3.63, 3.8) is 0 Å². The zero-order chi connectivity index (χ0) is 14.4. The van der Waals surface area contributed by atoms with Gasteiger partial charge in [-0.25, -0.2) is 0 Å². The molecule has 2 bridgehead atoms. The molecule has 21 heavy (non-hydrogen) atoms. The van der Waals surface area contributed by atoms with Gasteiger partial charge in [0.05, 0.1) is 6.04 Å². The molecule has 3 heteroatoms. The molecule has 1 aromatic rings. The lowest BCUT2D eigenvalue weighted by Gasteiger charge is -2.36. The molecule has 2 nitrogen and oxygen atoms in total. The van der Waals surface area contributed by atoms with Crippen molar-refractivity contribution in [2.24, 2.45) is 17.8 Å². The number of hydrogen-bond donors (Lipinski definition) is 0. The first-order valence-corrected chi connectivity index (χ1v) is 9.50. The van der Waals surface area contributed by atoms with E-state index in [0.29, 0.717) is 17.9 Å². The average Bonchev–Trinajstić information content (AvgIpc) is 3.21.